The second-order valence-electron chi connectivity index (χ2n) is 5.94. The summed E-state index contributed by atoms with van der Waals surface area (Å²) in [6.45, 7) is 3.24. The maximum atomic E-state index is 13.6. The van der Waals surface area contributed by atoms with E-state index in [1.807, 2.05) is 24.3 Å². The second-order valence-corrected chi connectivity index (χ2v) is 5.94. The van der Waals surface area contributed by atoms with Gasteiger partial charge in [0.25, 0.3) is 0 Å². The highest BCUT2D eigenvalue weighted by molar-refractivity contribution is 5.89. The smallest absolute Gasteiger partial charge is 0.337 e. The van der Waals surface area contributed by atoms with Gasteiger partial charge in [0.15, 0.2) is 0 Å². The van der Waals surface area contributed by atoms with E-state index in [1.54, 1.807) is 18.2 Å². The average Bonchev–Trinajstić information content (AvgIpc) is 2.62. The van der Waals surface area contributed by atoms with Crippen molar-refractivity contribution in [3.8, 4) is 0 Å². The van der Waals surface area contributed by atoms with Crippen LogP contribution in [0.3, 0.4) is 0 Å². The zero-order valence-corrected chi connectivity index (χ0v) is 14.9. The van der Waals surface area contributed by atoms with Crippen LogP contribution in [0.15, 0.2) is 48.5 Å². The van der Waals surface area contributed by atoms with Gasteiger partial charge in [-0.05, 0) is 35.4 Å². The zero-order valence-electron chi connectivity index (χ0n) is 14.1. The maximum Gasteiger partial charge on any atom is 0.337 e. The SMILES string of the molecule is COC(=O)c1cccc(CN2CCNCC2c2cccc(F)c2)c1.Cl. The molecule has 0 amide bonds. The number of nitrogens with zero attached hydrogens (tertiary/aromatic N) is 1. The Hall–Kier alpha value is -1.95. The van der Waals surface area contributed by atoms with Crippen molar-refractivity contribution in [2.75, 3.05) is 26.7 Å². The fourth-order valence-electron chi connectivity index (χ4n) is 3.13. The van der Waals surface area contributed by atoms with Crippen molar-refractivity contribution < 1.29 is 13.9 Å². The lowest BCUT2D eigenvalue weighted by atomic mass is 10.0. The van der Waals surface area contributed by atoms with Crippen LogP contribution >= 0.6 is 12.4 Å². The molecule has 25 heavy (non-hydrogen) atoms. The topological polar surface area (TPSA) is 41.6 Å². The van der Waals surface area contributed by atoms with Gasteiger partial charge in [0.1, 0.15) is 5.82 Å². The number of hydrogen-bond donors (Lipinski definition) is 1. The molecular formula is C19H22ClFN2O2. The Morgan fingerprint density at radius 3 is 2.84 bits per heavy atom. The van der Waals surface area contributed by atoms with Crippen LogP contribution in [0.1, 0.15) is 27.5 Å². The molecule has 0 bridgehead atoms. The van der Waals surface area contributed by atoms with Crippen molar-refractivity contribution in [2.45, 2.75) is 12.6 Å². The molecule has 6 heteroatoms. The van der Waals surface area contributed by atoms with Crippen LogP contribution in [0.25, 0.3) is 0 Å². The van der Waals surface area contributed by atoms with Gasteiger partial charge < -0.3 is 10.1 Å². The van der Waals surface area contributed by atoms with Gasteiger partial charge in [0, 0.05) is 32.2 Å². The first-order valence-corrected chi connectivity index (χ1v) is 8.05. The van der Waals surface area contributed by atoms with E-state index in [0.717, 1.165) is 30.8 Å². The van der Waals surface area contributed by atoms with Crippen LogP contribution in [-0.4, -0.2) is 37.6 Å². The van der Waals surface area contributed by atoms with E-state index in [0.29, 0.717) is 12.1 Å². The molecule has 1 aliphatic heterocycles. The number of rotatable bonds is 4. The Morgan fingerprint density at radius 2 is 2.08 bits per heavy atom. The Balaban J connectivity index is 0.00000225. The summed E-state index contributed by atoms with van der Waals surface area (Å²) < 4.78 is 18.3. The first-order chi connectivity index (χ1) is 11.7. The lowest BCUT2D eigenvalue weighted by Gasteiger charge is -2.36. The van der Waals surface area contributed by atoms with Crippen LogP contribution in [0.4, 0.5) is 4.39 Å². The minimum Gasteiger partial charge on any atom is -0.465 e. The third kappa shape index (κ3) is 4.78. The molecule has 1 N–H and O–H groups in total. The third-order valence-corrected chi connectivity index (χ3v) is 4.32. The highest BCUT2D eigenvalue weighted by Crippen LogP contribution is 2.25. The summed E-state index contributed by atoms with van der Waals surface area (Å²) in [5, 5.41) is 3.37. The monoisotopic (exact) mass is 364 g/mol. The lowest BCUT2D eigenvalue weighted by Crippen LogP contribution is -2.45. The first kappa shape index (κ1) is 19.4. The summed E-state index contributed by atoms with van der Waals surface area (Å²) in [7, 11) is 1.38. The molecule has 3 rings (SSSR count). The zero-order chi connectivity index (χ0) is 16.9. The summed E-state index contributed by atoms with van der Waals surface area (Å²) in [5.74, 6) is -0.551. The van der Waals surface area contributed by atoms with Gasteiger partial charge in [-0.15, -0.1) is 12.4 Å². The van der Waals surface area contributed by atoms with Crippen molar-refractivity contribution in [1.29, 1.82) is 0 Å². The predicted molar refractivity (Wildman–Crippen MR) is 97.5 cm³/mol. The minimum atomic E-state index is -0.334. The van der Waals surface area contributed by atoms with E-state index in [9.17, 15) is 9.18 Å². The molecule has 1 fully saturated rings. The fourth-order valence-corrected chi connectivity index (χ4v) is 3.13. The molecule has 1 unspecified atom stereocenters. The van der Waals surface area contributed by atoms with Crippen LogP contribution in [0, 0.1) is 5.82 Å². The highest BCUT2D eigenvalue weighted by atomic mass is 35.5. The maximum absolute atomic E-state index is 13.6. The van der Waals surface area contributed by atoms with Gasteiger partial charge in [0.2, 0.25) is 0 Å². The number of esters is 1. The van der Waals surface area contributed by atoms with Crippen LogP contribution in [0.5, 0.6) is 0 Å². The minimum absolute atomic E-state index is 0. The Labute approximate surface area is 153 Å². The van der Waals surface area contributed by atoms with Gasteiger partial charge in [-0.3, -0.25) is 4.90 Å². The van der Waals surface area contributed by atoms with Crippen LogP contribution < -0.4 is 5.32 Å². The van der Waals surface area contributed by atoms with Crippen LogP contribution in [-0.2, 0) is 11.3 Å². The molecule has 1 atom stereocenters. The number of ether oxygens (including phenoxy) is 1. The van der Waals surface area contributed by atoms with E-state index >= 15 is 0 Å². The molecule has 0 aliphatic carbocycles. The molecular weight excluding hydrogens is 343 g/mol. The van der Waals surface area contributed by atoms with Crippen molar-refractivity contribution in [3.63, 3.8) is 0 Å². The fraction of sp³-hybridized carbons (Fsp3) is 0.316. The summed E-state index contributed by atoms with van der Waals surface area (Å²) in [6.07, 6.45) is 0. The quantitative estimate of drug-likeness (QED) is 0.846. The number of nitrogens with one attached hydrogen (secondary N) is 1. The van der Waals surface area contributed by atoms with Crippen molar-refractivity contribution in [2.24, 2.45) is 0 Å². The Bertz CT molecular complexity index is 726. The molecule has 134 valence electrons. The number of halogens is 2. The van der Waals surface area contributed by atoms with E-state index < -0.39 is 0 Å². The number of carbonyl (C=O) groups is 1. The molecule has 1 saturated heterocycles. The van der Waals surface area contributed by atoms with Gasteiger partial charge in [-0.25, -0.2) is 9.18 Å². The van der Waals surface area contributed by atoms with Crippen molar-refractivity contribution in [3.05, 3.63) is 71.0 Å². The number of carbonyl (C=O) groups excluding carboxylic acids is 1. The molecule has 1 aliphatic rings. The third-order valence-electron chi connectivity index (χ3n) is 4.32. The number of methoxy groups -OCH3 is 1. The second kappa shape index (κ2) is 8.94. The number of benzene rings is 2. The summed E-state index contributed by atoms with van der Waals surface area (Å²) in [5.41, 5.74) is 2.56. The van der Waals surface area contributed by atoms with E-state index in [1.165, 1.54) is 13.2 Å². The molecule has 2 aromatic carbocycles. The van der Waals surface area contributed by atoms with E-state index in [4.69, 9.17) is 4.74 Å². The van der Waals surface area contributed by atoms with Gasteiger partial charge in [0.05, 0.1) is 12.7 Å². The molecule has 1 heterocycles. The summed E-state index contributed by atoms with van der Waals surface area (Å²) in [4.78, 5) is 14.0. The summed E-state index contributed by atoms with van der Waals surface area (Å²) >= 11 is 0. The molecule has 0 saturated carbocycles. The predicted octanol–water partition coefficient (Wildman–Crippen LogP) is 3.18. The van der Waals surface area contributed by atoms with Gasteiger partial charge in [-0.2, -0.15) is 0 Å². The standard InChI is InChI=1S/C19H21FN2O2.ClH/c1-24-19(23)16-6-2-4-14(10-16)13-22-9-8-21-12-18(22)15-5-3-7-17(20)11-15;/h2-7,10-11,18,21H,8-9,12-13H2,1H3;1H. The van der Waals surface area contributed by atoms with Crippen molar-refractivity contribution >= 4 is 18.4 Å². The van der Waals surface area contributed by atoms with E-state index in [-0.39, 0.29) is 30.2 Å². The average molecular weight is 365 g/mol. The normalized spacial score (nSPS) is 17.6. The Kier molecular flexibility index (Phi) is 6.93. The molecule has 2 aromatic rings. The molecule has 0 radical (unpaired) electrons. The molecule has 0 aromatic heterocycles. The summed E-state index contributed by atoms with van der Waals surface area (Å²) in [6, 6.07) is 14.3. The van der Waals surface area contributed by atoms with Crippen LogP contribution in [0.2, 0.25) is 0 Å². The highest BCUT2D eigenvalue weighted by Gasteiger charge is 2.24. The van der Waals surface area contributed by atoms with E-state index in [2.05, 4.69) is 10.2 Å². The van der Waals surface area contributed by atoms with Gasteiger partial charge in [-0.1, -0.05) is 24.3 Å². The number of piperazine rings is 1. The first-order valence-electron chi connectivity index (χ1n) is 8.05. The molecule has 4 nitrogen and oxygen atoms in total. The lowest BCUT2D eigenvalue weighted by molar-refractivity contribution is 0.0600. The Morgan fingerprint density at radius 1 is 1.28 bits per heavy atom. The van der Waals surface area contributed by atoms with Gasteiger partial charge >= 0.3 is 5.97 Å². The largest absolute Gasteiger partial charge is 0.465 e. The number of hydrogen-bond acceptors (Lipinski definition) is 4. The molecule has 0 spiro atoms. The van der Waals surface area contributed by atoms with Crippen molar-refractivity contribution in [1.82, 2.24) is 10.2 Å².